The molecule has 2 fully saturated rings. The Labute approximate surface area is 124 Å². The van der Waals surface area contributed by atoms with Crippen molar-refractivity contribution in [3.63, 3.8) is 0 Å². The highest BCUT2D eigenvalue weighted by Gasteiger charge is 2.32. The van der Waals surface area contributed by atoms with Crippen LogP contribution in [-0.4, -0.2) is 42.9 Å². The SMILES string of the molecule is NCC1CC(=O)N(c2ccccc2C(=O)N2CCCC2)C1. The van der Waals surface area contributed by atoms with Crippen molar-refractivity contribution in [3.05, 3.63) is 29.8 Å². The molecule has 2 aliphatic rings. The molecule has 0 aromatic heterocycles. The molecule has 21 heavy (non-hydrogen) atoms. The Bertz CT molecular complexity index is 552. The molecular formula is C16H21N3O2. The van der Waals surface area contributed by atoms with Gasteiger partial charge < -0.3 is 15.5 Å². The highest BCUT2D eigenvalue weighted by atomic mass is 16.2. The zero-order valence-electron chi connectivity index (χ0n) is 12.1. The molecule has 0 saturated carbocycles. The standard InChI is InChI=1S/C16H21N3O2/c17-10-12-9-15(20)19(11-12)14-6-2-1-5-13(14)16(21)18-7-3-4-8-18/h1-2,5-6,12H,3-4,7-11,17H2. The fraction of sp³-hybridized carbons (Fsp3) is 0.500. The third kappa shape index (κ3) is 2.65. The minimum Gasteiger partial charge on any atom is -0.339 e. The molecule has 0 bridgehead atoms. The lowest BCUT2D eigenvalue weighted by molar-refractivity contribution is -0.117. The van der Waals surface area contributed by atoms with Gasteiger partial charge in [0.1, 0.15) is 0 Å². The molecule has 2 amide bonds. The summed E-state index contributed by atoms with van der Waals surface area (Å²) in [4.78, 5) is 28.4. The van der Waals surface area contributed by atoms with Gasteiger partial charge in [0.15, 0.2) is 0 Å². The lowest BCUT2D eigenvalue weighted by Crippen LogP contribution is -2.32. The Morgan fingerprint density at radius 2 is 1.95 bits per heavy atom. The van der Waals surface area contributed by atoms with E-state index in [1.807, 2.05) is 29.2 Å². The Kier molecular flexibility index (Phi) is 3.92. The van der Waals surface area contributed by atoms with Crippen LogP contribution in [0.5, 0.6) is 0 Å². The highest BCUT2D eigenvalue weighted by Crippen LogP contribution is 2.29. The smallest absolute Gasteiger partial charge is 0.255 e. The van der Waals surface area contributed by atoms with Gasteiger partial charge in [0, 0.05) is 26.1 Å². The van der Waals surface area contributed by atoms with Crippen molar-refractivity contribution in [1.29, 1.82) is 0 Å². The van der Waals surface area contributed by atoms with Gasteiger partial charge >= 0.3 is 0 Å². The number of amides is 2. The second kappa shape index (κ2) is 5.85. The van der Waals surface area contributed by atoms with E-state index in [1.54, 1.807) is 4.90 Å². The quantitative estimate of drug-likeness (QED) is 0.909. The summed E-state index contributed by atoms with van der Waals surface area (Å²) in [6, 6.07) is 7.41. The number of nitrogens with two attached hydrogens (primary N) is 1. The van der Waals surface area contributed by atoms with Crippen molar-refractivity contribution < 1.29 is 9.59 Å². The maximum Gasteiger partial charge on any atom is 0.255 e. The van der Waals surface area contributed by atoms with E-state index in [0.717, 1.165) is 31.6 Å². The van der Waals surface area contributed by atoms with Gasteiger partial charge in [0.2, 0.25) is 5.91 Å². The second-order valence-electron chi connectivity index (χ2n) is 5.83. The summed E-state index contributed by atoms with van der Waals surface area (Å²) in [7, 11) is 0. The number of benzene rings is 1. The van der Waals surface area contributed by atoms with Crippen LogP contribution in [0, 0.1) is 5.92 Å². The normalized spacial score (nSPS) is 22.1. The fourth-order valence-electron chi connectivity index (χ4n) is 3.15. The van der Waals surface area contributed by atoms with Crippen LogP contribution in [0.15, 0.2) is 24.3 Å². The van der Waals surface area contributed by atoms with Gasteiger partial charge in [-0.1, -0.05) is 12.1 Å². The molecule has 1 aromatic rings. The van der Waals surface area contributed by atoms with Crippen LogP contribution < -0.4 is 10.6 Å². The van der Waals surface area contributed by atoms with Crippen molar-refractivity contribution in [3.8, 4) is 0 Å². The average molecular weight is 287 g/mol. The van der Waals surface area contributed by atoms with E-state index in [9.17, 15) is 9.59 Å². The predicted octanol–water partition coefficient (Wildman–Crippen LogP) is 1.23. The number of carbonyl (C=O) groups is 2. The van der Waals surface area contributed by atoms with E-state index >= 15 is 0 Å². The third-order valence-corrected chi connectivity index (χ3v) is 4.36. The van der Waals surface area contributed by atoms with Crippen LogP contribution >= 0.6 is 0 Å². The van der Waals surface area contributed by atoms with E-state index in [2.05, 4.69) is 0 Å². The number of hydrogen-bond donors (Lipinski definition) is 1. The Morgan fingerprint density at radius 3 is 2.62 bits per heavy atom. The molecule has 1 unspecified atom stereocenters. The Morgan fingerprint density at radius 1 is 1.24 bits per heavy atom. The molecule has 0 aliphatic carbocycles. The zero-order chi connectivity index (χ0) is 14.8. The molecule has 0 spiro atoms. The summed E-state index contributed by atoms with van der Waals surface area (Å²) in [5, 5.41) is 0. The van der Waals surface area contributed by atoms with Gasteiger partial charge in [-0.3, -0.25) is 9.59 Å². The summed E-state index contributed by atoms with van der Waals surface area (Å²) < 4.78 is 0. The summed E-state index contributed by atoms with van der Waals surface area (Å²) >= 11 is 0. The van der Waals surface area contributed by atoms with Gasteiger partial charge in [-0.25, -0.2) is 0 Å². The van der Waals surface area contributed by atoms with Gasteiger partial charge in [0.05, 0.1) is 11.3 Å². The molecule has 2 heterocycles. The van der Waals surface area contributed by atoms with Gasteiger partial charge in [-0.05, 0) is 37.4 Å². The number of anilines is 1. The van der Waals surface area contributed by atoms with Crippen LogP contribution in [0.2, 0.25) is 0 Å². The predicted molar refractivity (Wildman–Crippen MR) is 81.1 cm³/mol. The summed E-state index contributed by atoms with van der Waals surface area (Å²) in [5.41, 5.74) is 7.04. The van der Waals surface area contributed by atoms with Crippen LogP contribution in [0.1, 0.15) is 29.6 Å². The fourth-order valence-corrected chi connectivity index (χ4v) is 3.15. The van der Waals surface area contributed by atoms with Gasteiger partial charge in [0.25, 0.3) is 5.91 Å². The molecule has 5 nitrogen and oxygen atoms in total. The van der Waals surface area contributed by atoms with E-state index in [0.29, 0.717) is 25.1 Å². The van der Waals surface area contributed by atoms with E-state index in [4.69, 9.17) is 5.73 Å². The third-order valence-electron chi connectivity index (χ3n) is 4.36. The molecule has 2 aliphatic heterocycles. The average Bonchev–Trinajstić information content (AvgIpc) is 3.16. The van der Waals surface area contributed by atoms with E-state index < -0.39 is 0 Å². The molecule has 5 heteroatoms. The second-order valence-corrected chi connectivity index (χ2v) is 5.83. The Hall–Kier alpha value is -1.88. The van der Waals surface area contributed by atoms with Crippen LogP contribution in [0.4, 0.5) is 5.69 Å². The molecule has 1 aromatic carbocycles. The first-order valence-electron chi connectivity index (χ1n) is 7.59. The van der Waals surface area contributed by atoms with E-state index in [1.165, 1.54) is 0 Å². The molecule has 1 atom stereocenters. The van der Waals surface area contributed by atoms with Crippen LogP contribution in [0.25, 0.3) is 0 Å². The highest BCUT2D eigenvalue weighted by molar-refractivity contribution is 6.05. The summed E-state index contributed by atoms with van der Waals surface area (Å²) in [6.07, 6.45) is 2.60. The number of carbonyl (C=O) groups excluding carboxylic acids is 2. The summed E-state index contributed by atoms with van der Waals surface area (Å²) in [5.74, 6) is 0.284. The van der Waals surface area contributed by atoms with Crippen LogP contribution in [0.3, 0.4) is 0 Å². The minimum atomic E-state index is 0.0344. The van der Waals surface area contributed by atoms with E-state index in [-0.39, 0.29) is 17.7 Å². The number of para-hydroxylation sites is 1. The maximum atomic E-state index is 12.6. The Balaban J connectivity index is 1.89. The molecule has 112 valence electrons. The molecule has 0 radical (unpaired) electrons. The maximum absolute atomic E-state index is 12.6. The van der Waals surface area contributed by atoms with Crippen LogP contribution in [-0.2, 0) is 4.79 Å². The molecular weight excluding hydrogens is 266 g/mol. The first kappa shape index (κ1) is 14.1. The molecule has 2 N–H and O–H groups in total. The molecule has 2 saturated heterocycles. The van der Waals surface area contributed by atoms with Gasteiger partial charge in [-0.15, -0.1) is 0 Å². The van der Waals surface area contributed by atoms with Crippen molar-refractivity contribution in [2.75, 3.05) is 31.1 Å². The number of likely N-dealkylation sites (tertiary alicyclic amines) is 1. The monoisotopic (exact) mass is 287 g/mol. The van der Waals surface area contributed by atoms with Crippen molar-refractivity contribution in [2.24, 2.45) is 11.7 Å². The zero-order valence-corrected chi connectivity index (χ0v) is 12.1. The summed E-state index contributed by atoms with van der Waals surface area (Å²) in [6.45, 7) is 2.74. The first-order valence-corrected chi connectivity index (χ1v) is 7.59. The number of nitrogens with zero attached hydrogens (tertiary/aromatic N) is 2. The van der Waals surface area contributed by atoms with Crippen molar-refractivity contribution in [2.45, 2.75) is 19.3 Å². The largest absolute Gasteiger partial charge is 0.339 e. The number of hydrogen-bond acceptors (Lipinski definition) is 3. The number of rotatable bonds is 3. The lowest BCUT2D eigenvalue weighted by atomic mass is 10.1. The first-order chi connectivity index (χ1) is 10.2. The minimum absolute atomic E-state index is 0.0344. The topological polar surface area (TPSA) is 66.6 Å². The lowest BCUT2D eigenvalue weighted by Gasteiger charge is -2.22. The van der Waals surface area contributed by atoms with Crippen molar-refractivity contribution in [1.82, 2.24) is 4.90 Å². The molecule has 3 rings (SSSR count). The van der Waals surface area contributed by atoms with Crippen molar-refractivity contribution >= 4 is 17.5 Å². The van der Waals surface area contributed by atoms with Gasteiger partial charge in [-0.2, -0.15) is 0 Å².